The number of hydrogen-bond donors (Lipinski definition) is 4. The predicted octanol–water partition coefficient (Wildman–Crippen LogP) is -0.336. The first-order valence-electron chi connectivity index (χ1n) is 9.32. The molecule has 0 aromatic carbocycles. The Labute approximate surface area is 158 Å². The molecule has 8 heteroatoms. The predicted molar refractivity (Wildman–Crippen MR) is 93.7 cm³/mol. The van der Waals surface area contributed by atoms with Gasteiger partial charge in [0.1, 0.15) is 35.6 Å². The van der Waals surface area contributed by atoms with E-state index in [1.165, 1.54) is 13.0 Å². The SMILES string of the molecule is CC(=O)C=CC12OC1(C)CC(OC1OC(CO)C(O)C(O)C1O)CC2(C)C. The van der Waals surface area contributed by atoms with Crippen LogP contribution in [-0.2, 0) is 19.0 Å². The Morgan fingerprint density at radius 3 is 2.37 bits per heavy atom. The number of hydrogen-bond acceptors (Lipinski definition) is 8. The maximum absolute atomic E-state index is 11.4. The number of ether oxygens (including phenoxy) is 3. The van der Waals surface area contributed by atoms with E-state index < -0.39 is 48.5 Å². The summed E-state index contributed by atoms with van der Waals surface area (Å²) in [5, 5.41) is 39.3. The maximum Gasteiger partial charge on any atom is 0.186 e. The van der Waals surface area contributed by atoms with E-state index in [2.05, 4.69) is 0 Å². The lowest BCUT2D eigenvalue weighted by atomic mass is 9.63. The summed E-state index contributed by atoms with van der Waals surface area (Å²) in [7, 11) is 0. The van der Waals surface area contributed by atoms with Gasteiger partial charge in [-0.1, -0.05) is 13.8 Å². The smallest absolute Gasteiger partial charge is 0.186 e. The number of ketones is 1. The van der Waals surface area contributed by atoms with Gasteiger partial charge in [-0.25, -0.2) is 0 Å². The fourth-order valence-corrected chi connectivity index (χ4v) is 4.74. The van der Waals surface area contributed by atoms with Gasteiger partial charge in [0.25, 0.3) is 0 Å². The van der Waals surface area contributed by atoms with Crippen molar-refractivity contribution in [3.05, 3.63) is 12.2 Å². The van der Waals surface area contributed by atoms with Gasteiger partial charge in [0.05, 0.1) is 12.7 Å². The summed E-state index contributed by atoms with van der Waals surface area (Å²) in [4.78, 5) is 11.4. The van der Waals surface area contributed by atoms with Crippen molar-refractivity contribution in [1.29, 1.82) is 0 Å². The molecule has 3 fully saturated rings. The summed E-state index contributed by atoms with van der Waals surface area (Å²) in [6.45, 7) is 7.02. The minimum Gasteiger partial charge on any atom is -0.394 e. The third kappa shape index (κ3) is 3.37. The summed E-state index contributed by atoms with van der Waals surface area (Å²) >= 11 is 0. The third-order valence-electron chi connectivity index (χ3n) is 6.22. The molecule has 0 aromatic heterocycles. The minimum atomic E-state index is -1.47. The lowest BCUT2D eigenvalue weighted by Gasteiger charge is -2.44. The van der Waals surface area contributed by atoms with Crippen molar-refractivity contribution in [2.75, 3.05) is 6.61 Å². The highest BCUT2D eigenvalue weighted by atomic mass is 16.7. The summed E-state index contributed by atoms with van der Waals surface area (Å²) in [5.41, 5.74) is -1.41. The number of carbonyl (C=O) groups excluding carboxylic acids is 1. The summed E-state index contributed by atoms with van der Waals surface area (Å²) in [5.74, 6) is -0.0438. The highest BCUT2D eigenvalue weighted by Gasteiger charge is 2.75. The number of rotatable bonds is 5. The van der Waals surface area contributed by atoms with E-state index in [-0.39, 0.29) is 17.3 Å². The highest BCUT2D eigenvalue weighted by Crippen LogP contribution is 2.66. The molecule has 8 atom stereocenters. The number of aliphatic hydroxyl groups is 4. The van der Waals surface area contributed by atoms with E-state index in [0.29, 0.717) is 12.8 Å². The Kier molecular flexibility index (Phi) is 5.31. The molecule has 154 valence electrons. The van der Waals surface area contributed by atoms with Gasteiger partial charge in [0, 0.05) is 11.8 Å². The number of aliphatic hydroxyl groups excluding tert-OH is 4. The van der Waals surface area contributed by atoms with Gasteiger partial charge in [-0.05, 0) is 32.4 Å². The molecular formula is C19H30O8. The van der Waals surface area contributed by atoms with Gasteiger partial charge in [0.2, 0.25) is 0 Å². The van der Waals surface area contributed by atoms with Gasteiger partial charge in [-0.2, -0.15) is 0 Å². The van der Waals surface area contributed by atoms with Gasteiger partial charge in [-0.15, -0.1) is 0 Å². The monoisotopic (exact) mass is 386 g/mol. The quantitative estimate of drug-likeness (QED) is 0.373. The summed E-state index contributed by atoms with van der Waals surface area (Å²) < 4.78 is 17.5. The molecule has 8 nitrogen and oxygen atoms in total. The van der Waals surface area contributed by atoms with E-state index in [4.69, 9.17) is 14.2 Å². The fraction of sp³-hybridized carbons (Fsp3) is 0.842. The zero-order valence-corrected chi connectivity index (χ0v) is 16.2. The second-order valence-corrected chi connectivity index (χ2v) is 8.76. The van der Waals surface area contributed by atoms with Crippen LogP contribution in [-0.4, -0.2) is 80.8 Å². The molecule has 1 saturated carbocycles. The zero-order valence-electron chi connectivity index (χ0n) is 16.2. The van der Waals surface area contributed by atoms with Crippen LogP contribution < -0.4 is 0 Å². The Hall–Kier alpha value is -0.870. The number of fused-ring (bicyclic) bond motifs is 1. The Morgan fingerprint density at radius 2 is 1.81 bits per heavy atom. The van der Waals surface area contributed by atoms with Crippen molar-refractivity contribution >= 4 is 5.78 Å². The van der Waals surface area contributed by atoms with Crippen molar-refractivity contribution in [3.63, 3.8) is 0 Å². The van der Waals surface area contributed by atoms with Crippen molar-refractivity contribution in [2.45, 2.75) is 88.5 Å². The normalized spacial score (nSPS) is 49.0. The molecule has 3 rings (SSSR count). The van der Waals surface area contributed by atoms with Gasteiger partial charge < -0.3 is 34.6 Å². The van der Waals surface area contributed by atoms with Crippen LogP contribution in [0.3, 0.4) is 0 Å². The summed E-state index contributed by atoms with van der Waals surface area (Å²) in [6.07, 6.45) is -2.34. The molecule has 2 saturated heterocycles. The topological polar surface area (TPSA) is 129 Å². The molecule has 8 unspecified atom stereocenters. The van der Waals surface area contributed by atoms with Crippen LogP contribution in [0.1, 0.15) is 40.5 Å². The van der Waals surface area contributed by atoms with Crippen molar-refractivity contribution in [2.24, 2.45) is 5.41 Å². The van der Waals surface area contributed by atoms with Crippen LogP contribution in [0.15, 0.2) is 12.2 Å². The molecule has 2 heterocycles. The molecule has 0 aromatic rings. The first-order chi connectivity index (χ1) is 12.5. The molecule has 0 amide bonds. The second-order valence-electron chi connectivity index (χ2n) is 8.76. The molecule has 3 aliphatic rings. The maximum atomic E-state index is 11.4. The lowest BCUT2D eigenvalue weighted by Crippen LogP contribution is -2.60. The Morgan fingerprint density at radius 1 is 1.15 bits per heavy atom. The average Bonchev–Trinajstić information content (AvgIpc) is 3.20. The van der Waals surface area contributed by atoms with Crippen LogP contribution in [0.25, 0.3) is 0 Å². The Bertz CT molecular complexity index is 617. The molecule has 0 bridgehead atoms. The third-order valence-corrected chi connectivity index (χ3v) is 6.22. The molecule has 4 N–H and O–H groups in total. The zero-order chi connectivity index (χ0) is 20.2. The molecule has 27 heavy (non-hydrogen) atoms. The van der Waals surface area contributed by atoms with Crippen LogP contribution in [0.4, 0.5) is 0 Å². The van der Waals surface area contributed by atoms with E-state index in [0.717, 1.165) is 0 Å². The second kappa shape index (κ2) is 6.88. The number of epoxide rings is 1. The Balaban J connectivity index is 1.73. The highest BCUT2D eigenvalue weighted by molar-refractivity contribution is 5.87. The molecular weight excluding hydrogens is 356 g/mol. The van der Waals surface area contributed by atoms with Gasteiger partial charge in [-0.3, -0.25) is 4.79 Å². The molecule has 0 spiro atoms. The molecule has 2 aliphatic heterocycles. The largest absolute Gasteiger partial charge is 0.394 e. The van der Waals surface area contributed by atoms with Crippen molar-refractivity contribution in [3.8, 4) is 0 Å². The van der Waals surface area contributed by atoms with E-state index in [1.54, 1.807) is 0 Å². The van der Waals surface area contributed by atoms with Crippen LogP contribution >= 0.6 is 0 Å². The van der Waals surface area contributed by atoms with E-state index >= 15 is 0 Å². The number of allylic oxidation sites excluding steroid dienone is 1. The van der Waals surface area contributed by atoms with E-state index in [1.807, 2.05) is 26.8 Å². The molecule has 1 aliphatic carbocycles. The fourth-order valence-electron chi connectivity index (χ4n) is 4.74. The van der Waals surface area contributed by atoms with E-state index in [9.17, 15) is 25.2 Å². The first-order valence-corrected chi connectivity index (χ1v) is 9.32. The standard InChI is InChI=1S/C19H30O8/c1-10(21)5-6-19-17(2,3)7-11(8-18(19,4)27-19)25-16-15(24)14(23)13(22)12(9-20)26-16/h5-6,11-16,20,22-24H,7-9H2,1-4H3. The lowest BCUT2D eigenvalue weighted by molar-refractivity contribution is -0.315. The minimum absolute atomic E-state index is 0.0438. The van der Waals surface area contributed by atoms with Gasteiger partial charge >= 0.3 is 0 Å². The molecule has 0 radical (unpaired) electrons. The van der Waals surface area contributed by atoms with Gasteiger partial charge in [0.15, 0.2) is 12.1 Å². The summed E-state index contributed by atoms with van der Waals surface area (Å²) in [6, 6.07) is 0. The number of carbonyl (C=O) groups is 1. The van der Waals surface area contributed by atoms with Crippen LogP contribution in [0.5, 0.6) is 0 Å². The van der Waals surface area contributed by atoms with Crippen LogP contribution in [0.2, 0.25) is 0 Å². The average molecular weight is 386 g/mol. The van der Waals surface area contributed by atoms with Crippen molar-refractivity contribution in [1.82, 2.24) is 0 Å². The first kappa shape index (κ1) is 20.9. The van der Waals surface area contributed by atoms with Crippen LogP contribution in [0, 0.1) is 5.41 Å². The van der Waals surface area contributed by atoms with Crippen molar-refractivity contribution < 1.29 is 39.4 Å².